The van der Waals surface area contributed by atoms with Crippen molar-refractivity contribution in [3.63, 3.8) is 0 Å². The molecule has 0 radical (unpaired) electrons. The van der Waals surface area contributed by atoms with Crippen LogP contribution >= 0.6 is 0 Å². The van der Waals surface area contributed by atoms with Crippen LogP contribution in [0.2, 0.25) is 0 Å². The highest BCUT2D eigenvalue weighted by Gasteiger charge is 2.17. The number of hydrogen-bond donors (Lipinski definition) is 0. The van der Waals surface area contributed by atoms with Crippen molar-refractivity contribution in [3.8, 4) is 6.07 Å². The van der Waals surface area contributed by atoms with Crippen LogP contribution in [-0.2, 0) is 10.8 Å². The average Bonchev–Trinajstić information content (AvgIpc) is 2.58. The van der Waals surface area contributed by atoms with Crippen LogP contribution in [0.25, 0.3) is 16.1 Å². The summed E-state index contributed by atoms with van der Waals surface area (Å²) in [4.78, 5) is 3.68. The second kappa shape index (κ2) is 7.19. The van der Waals surface area contributed by atoms with Crippen LogP contribution in [-0.4, -0.2) is 0 Å². The first-order chi connectivity index (χ1) is 12.1. The third-order valence-electron chi connectivity index (χ3n) is 4.52. The third kappa shape index (κ3) is 4.22. The Balaban J connectivity index is 2.52. The minimum absolute atomic E-state index is 0.0560. The maximum atomic E-state index is 9.70. The molecule has 2 aromatic carbocycles. The molecule has 0 fully saturated rings. The summed E-state index contributed by atoms with van der Waals surface area (Å²) in [6, 6.07) is 18.1. The number of benzene rings is 2. The zero-order valence-electron chi connectivity index (χ0n) is 16.5. The van der Waals surface area contributed by atoms with E-state index in [1.807, 2.05) is 48.5 Å². The zero-order valence-corrected chi connectivity index (χ0v) is 16.5. The second-order valence-electron chi connectivity index (χ2n) is 8.60. The molecule has 132 valence electrons. The highest BCUT2D eigenvalue weighted by Crippen LogP contribution is 2.31. The SMILES string of the molecule is [C-]#[N+]/C(=C(/C#N)c1ccc(C(C)(C)C)cc1)c1ccc(C(C)(C)C)cc1. The summed E-state index contributed by atoms with van der Waals surface area (Å²) in [6.07, 6.45) is 0. The molecular formula is C24H26N2. The van der Waals surface area contributed by atoms with E-state index in [-0.39, 0.29) is 10.8 Å². The fourth-order valence-electron chi connectivity index (χ4n) is 2.78. The normalized spacial score (nSPS) is 12.8. The van der Waals surface area contributed by atoms with Gasteiger partial charge < -0.3 is 0 Å². The van der Waals surface area contributed by atoms with Crippen molar-refractivity contribution < 1.29 is 0 Å². The lowest BCUT2D eigenvalue weighted by atomic mass is 9.85. The number of nitrogens with zero attached hydrogens (tertiary/aromatic N) is 2. The molecule has 0 N–H and O–H groups in total. The van der Waals surface area contributed by atoms with Crippen LogP contribution in [0.4, 0.5) is 0 Å². The van der Waals surface area contributed by atoms with Gasteiger partial charge in [0, 0.05) is 0 Å². The molecule has 2 rings (SSSR count). The van der Waals surface area contributed by atoms with Gasteiger partial charge in [0.25, 0.3) is 0 Å². The van der Waals surface area contributed by atoms with E-state index in [0.29, 0.717) is 11.3 Å². The van der Waals surface area contributed by atoms with Gasteiger partial charge in [-0.1, -0.05) is 90.1 Å². The van der Waals surface area contributed by atoms with Gasteiger partial charge in [-0.25, -0.2) is 4.85 Å². The van der Waals surface area contributed by atoms with E-state index in [9.17, 15) is 5.26 Å². The largest absolute Gasteiger partial charge is 0.236 e. The molecule has 0 saturated carbocycles. The van der Waals surface area contributed by atoms with Crippen molar-refractivity contribution in [2.75, 3.05) is 0 Å². The number of nitriles is 1. The van der Waals surface area contributed by atoms with Gasteiger partial charge in [0.15, 0.2) is 0 Å². The molecule has 0 amide bonds. The molecule has 0 aliphatic rings. The predicted molar refractivity (Wildman–Crippen MR) is 109 cm³/mol. The lowest BCUT2D eigenvalue weighted by Gasteiger charge is -2.19. The van der Waals surface area contributed by atoms with Crippen LogP contribution in [0.3, 0.4) is 0 Å². The second-order valence-corrected chi connectivity index (χ2v) is 8.60. The van der Waals surface area contributed by atoms with Gasteiger partial charge in [-0.2, -0.15) is 5.26 Å². The first-order valence-electron chi connectivity index (χ1n) is 8.81. The van der Waals surface area contributed by atoms with Crippen LogP contribution in [0.5, 0.6) is 0 Å². The molecule has 0 unspecified atom stereocenters. The highest BCUT2D eigenvalue weighted by molar-refractivity contribution is 5.99. The average molecular weight is 342 g/mol. The Morgan fingerprint density at radius 1 is 0.769 bits per heavy atom. The van der Waals surface area contributed by atoms with Crippen LogP contribution < -0.4 is 0 Å². The van der Waals surface area contributed by atoms with E-state index in [1.54, 1.807) is 0 Å². The van der Waals surface area contributed by atoms with E-state index in [2.05, 4.69) is 52.5 Å². The first kappa shape index (κ1) is 19.5. The van der Waals surface area contributed by atoms with E-state index in [0.717, 1.165) is 11.1 Å². The molecule has 0 spiro atoms. The predicted octanol–water partition coefficient (Wildman–Crippen LogP) is 6.59. The summed E-state index contributed by atoms with van der Waals surface area (Å²) < 4.78 is 0. The summed E-state index contributed by atoms with van der Waals surface area (Å²) in [6.45, 7) is 20.6. The summed E-state index contributed by atoms with van der Waals surface area (Å²) >= 11 is 0. The van der Waals surface area contributed by atoms with Gasteiger partial charge >= 0.3 is 0 Å². The maximum absolute atomic E-state index is 9.70. The van der Waals surface area contributed by atoms with Gasteiger partial charge in [-0.05, 0) is 33.1 Å². The molecule has 0 bridgehead atoms. The molecule has 0 aliphatic carbocycles. The van der Waals surface area contributed by atoms with Crippen molar-refractivity contribution in [2.45, 2.75) is 52.4 Å². The molecule has 2 aromatic rings. The Hall–Kier alpha value is -2.84. The summed E-state index contributed by atoms with van der Waals surface area (Å²) in [5.74, 6) is 0. The molecule has 0 aromatic heterocycles. The number of rotatable bonds is 2. The van der Waals surface area contributed by atoms with Gasteiger partial charge in [0.2, 0.25) is 5.70 Å². The zero-order chi connectivity index (χ0) is 19.5. The Labute approximate surface area is 157 Å². The fraction of sp³-hybridized carbons (Fsp3) is 0.333. The fourth-order valence-corrected chi connectivity index (χ4v) is 2.78. The number of allylic oxidation sites excluding steroid dienone is 1. The molecule has 2 nitrogen and oxygen atoms in total. The molecule has 0 heterocycles. The Bertz CT molecular complexity index is 808. The van der Waals surface area contributed by atoms with Crippen molar-refractivity contribution in [1.82, 2.24) is 0 Å². The summed E-state index contributed by atoms with van der Waals surface area (Å²) in [5.41, 5.74) is 4.91. The van der Waals surface area contributed by atoms with Crippen molar-refractivity contribution in [2.24, 2.45) is 0 Å². The topological polar surface area (TPSA) is 28.1 Å². The molecule has 0 aliphatic heterocycles. The van der Waals surface area contributed by atoms with Gasteiger partial charge in [0.1, 0.15) is 0 Å². The maximum Gasteiger partial charge on any atom is 0.212 e. The Morgan fingerprint density at radius 3 is 1.46 bits per heavy atom. The highest BCUT2D eigenvalue weighted by atomic mass is 14.7. The lowest BCUT2D eigenvalue weighted by Crippen LogP contribution is -2.10. The third-order valence-corrected chi connectivity index (χ3v) is 4.52. The first-order valence-corrected chi connectivity index (χ1v) is 8.81. The Morgan fingerprint density at radius 2 is 1.15 bits per heavy atom. The minimum atomic E-state index is 0.0560. The van der Waals surface area contributed by atoms with E-state index >= 15 is 0 Å². The minimum Gasteiger partial charge on any atom is -0.236 e. The van der Waals surface area contributed by atoms with Gasteiger partial charge in [-0.15, -0.1) is 0 Å². The Kier molecular flexibility index (Phi) is 5.38. The molecule has 26 heavy (non-hydrogen) atoms. The molecule has 0 atom stereocenters. The summed E-state index contributed by atoms with van der Waals surface area (Å²) in [5, 5.41) is 9.70. The smallest absolute Gasteiger partial charge is 0.212 e. The van der Waals surface area contributed by atoms with Crippen molar-refractivity contribution >= 4 is 11.3 Å². The van der Waals surface area contributed by atoms with Crippen LogP contribution in [0.1, 0.15) is 63.8 Å². The monoisotopic (exact) mass is 342 g/mol. The quantitative estimate of drug-likeness (QED) is 0.343. The molecular weight excluding hydrogens is 316 g/mol. The number of hydrogen-bond acceptors (Lipinski definition) is 1. The van der Waals surface area contributed by atoms with E-state index in [1.165, 1.54) is 11.1 Å². The van der Waals surface area contributed by atoms with E-state index < -0.39 is 0 Å². The standard InChI is InChI=1S/C24H26N2/c1-23(2,3)19-12-8-17(9-13-19)21(16-25)22(26-7)18-10-14-20(15-11-18)24(4,5)6/h8-15H,1-6H3/b22-21-. The summed E-state index contributed by atoms with van der Waals surface area (Å²) in [7, 11) is 0. The van der Waals surface area contributed by atoms with Crippen molar-refractivity contribution in [3.05, 3.63) is 82.2 Å². The van der Waals surface area contributed by atoms with Crippen LogP contribution in [0, 0.1) is 17.9 Å². The van der Waals surface area contributed by atoms with E-state index in [4.69, 9.17) is 6.57 Å². The van der Waals surface area contributed by atoms with Crippen molar-refractivity contribution in [1.29, 1.82) is 5.26 Å². The molecule has 2 heteroatoms. The van der Waals surface area contributed by atoms with Crippen LogP contribution in [0.15, 0.2) is 48.5 Å². The van der Waals surface area contributed by atoms with Gasteiger partial charge in [0.05, 0.1) is 18.2 Å². The van der Waals surface area contributed by atoms with Gasteiger partial charge in [-0.3, -0.25) is 0 Å². The lowest BCUT2D eigenvalue weighted by molar-refractivity contribution is 0.590. The molecule has 0 saturated heterocycles.